The van der Waals surface area contributed by atoms with Gasteiger partial charge >= 0.3 is 12.0 Å². The molecular weight excluding hydrogens is 425 g/mol. The first-order chi connectivity index (χ1) is 12.3. The summed E-state index contributed by atoms with van der Waals surface area (Å²) >= 11 is 11.5. The highest BCUT2D eigenvalue weighted by molar-refractivity contribution is 7.89. The lowest BCUT2D eigenvalue weighted by molar-refractivity contribution is -0.158. The van der Waals surface area contributed by atoms with E-state index < -0.39 is 46.2 Å². The smallest absolute Gasteiger partial charge is 0.327 e. The SMILES string of the molecule is CC(OC(=O)C(NS(=O)(=O)c1ccc(Cl)c(Cl)c1)C(C)O)C(=O)NC(N)=O. The molecule has 0 aliphatic heterocycles. The Labute approximate surface area is 165 Å². The monoisotopic (exact) mass is 441 g/mol. The molecule has 150 valence electrons. The molecule has 0 saturated heterocycles. The molecule has 27 heavy (non-hydrogen) atoms. The fourth-order valence-corrected chi connectivity index (χ4v) is 3.39. The Hall–Kier alpha value is -1.92. The molecule has 0 aliphatic carbocycles. The van der Waals surface area contributed by atoms with Crippen LogP contribution >= 0.6 is 23.2 Å². The zero-order valence-electron chi connectivity index (χ0n) is 14.1. The van der Waals surface area contributed by atoms with Crippen LogP contribution in [0.5, 0.6) is 0 Å². The Kier molecular flexibility index (Phi) is 7.99. The maximum absolute atomic E-state index is 12.4. The number of aliphatic hydroxyl groups excluding tert-OH is 1. The molecule has 0 bridgehead atoms. The van der Waals surface area contributed by atoms with Crippen molar-refractivity contribution in [1.82, 2.24) is 10.0 Å². The lowest BCUT2D eigenvalue weighted by atomic mass is 10.2. The van der Waals surface area contributed by atoms with E-state index in [0.29, 0.717) is 0 Å². The number of carbonyl (C=O) groups is 3. The lowest BCUT2D eigenvalue weighted by Crippen LogP contribution is -2.50. The molecule has 5 N–H and O–H groups in total. The van der Waals surface area contributed by atoms with Crippen LogP contribution in [0.4, 0.5) is 4.79 Å². The summed E-state index contributed by atoms with van der Waals surface area (Å²) in [5, 5.41) is 11.5. The number of ether oxygens (including phenoxy) is 1. The van der Waals surface area contributed by atoms with Gasteiger partial charge in [-0.1, -0.05) is 23.2 Å². The number of nitrogens with one attached hydrogen (secondary N) is 2. The number of primary amides is 1. The lowest BCUT2D eigenvalue weighted by Gasteiger charge is -2.22. The van der Waals surface area contributed by atoms with Crippen molar-refractivity contribution in [2.45, 2.75) is 37.0 Å². The van der Waals surface area contributed by atoms with E-state index in [2.05, 4.69) is 0 Å². The molecule has 0 aliphatic rings. The second-order valence-electron chi connectivity index (χ2n) is 5.35. The number of rotatable bonds is 7. The van der Waals surface area contributed by atoms with Crippen LogP contribution in [0.15, 0.2) is 23.1 Å². The Bertz CT molecular complexity index is 845. The third kappa shape index (κ3) is 6.63. The van der Waals surface area contributed by atoms with E-state index in [1.165, 1.54) is 6.07 Å². The van der Waals surface area contributed by atoms with Crippen LogP contribution in [-0.2, 0) is 24.3 Å². The summed E-state index contributed by atoms with van der Waals surface area (Å²) in [7, 11) is -4.29. The molecule has 13 heteroatoms. The number of hydrogen-bond donors (Lipinski definition) is 4. The van der Waals surface area contributed by atoms with Crippen molar-refractivity contribution in [2.75, 3.05) is 0 Å². The Morgan fingerprint density at radius 3 is 2.26 bits per heavy atom. The molecule has 10 nitrogen and oxygen atoms in total. The number of esters is 1. The third-order valence-electron chi connectivity index (χ3n) is 3.13. The number of sulfonamides is 1. The zero-order valence-corrected chi connectivity index (χ0v) is 16.4. The van der Waals surface area contributed by atoms with E-state index in [4.69, 9.17) is 33.7 Å². The average molecular weight is 442 g/mol. The molecule has 0 radical (unpaired) electrons. The molecular formula is C14H17Cl2N3O7S. The van der Waals surface area contributed by atoms with E-state index in [-0.39, 0.29) is 14.9 Å². The summed E-state index contributed by atoms with van der Waals surface area (Å²) < 4.78 is 31.5. The molecule has 3 amide bonds. The predicted molar refractivity (Wildman–Crippen MR) is 95.5 cm³/mol. The highest BCUT2D eigenvalue weighted by Gasteiger charge is 2.33. The van der Waals surface area contributed by atoms with Gasteiger partial charge in [0.2, 0.25) is 10.0 Å². The molecule has 0 spiro atoms. The van der Waals surface area contributed by atoms with E-state index in [1.54, 1.807) is 5.32 Å². The van der Waals surface area contributed by atoms with Crippen LogP contribution in [0.2, 0.25) is 10.0 Å². The van der Waals surface area contributed by atoms with Gasteiger partial charge in [-0.05, 0) is 32.0 Å². The van der Waals surface area contributed by atoms with Crippen LogP contribution in [0.25, 0.3) is 0 Å². The van der Waals surface area contributed by atoms with Gasteiger partial charge in [0.25, 0.3) is 5.91 Å². The number of aliphatic hydroxyl groups is 1. The normalized spacial score (nSPS) is 14.7. The second kappa shape index (κ2) is 9.33. The molecule has 0 aromatic heterocycles. The fraction of sp³-hybridized carbons (Fsp3) is 0.357. The molecule has 0 heterocycles. The summed E-state index contributed by atoms with van der Waals surface area (Å²) in [4.78, 5) is 34.0. The van der Waals surface area contributed by atoms with Crippen molar-refractivity contribution in [2.24, 2.45) is 5.73 Å². The number of benzene rings is 1. The van der Waals surface area contributed by atoms with Crippen molar-refractivity contribution in [3.63, 3.8) is 0 Å². The minimum atomic E-state index is -4.29. The van der Waals surface area contributed by atoms with Gasteiger partial charge in [-0.2, -0.15) is 4.72 Å². The van der Waals surface area contributed by atoms with Gasteiger partial charge in [0.05, 0.1) is 21.0 Å². The van der Waals surface area contributed by atoms with Crippen molar-refractivity contribution >= 4 is 51.1 Å². The number of nitrogens with two attached hydrogens (primary N) is 1. The number of urea groups is 1. The largest absolute Gasteiger partial charge is 0.451 e. The zero-order chi connectivity index (χ0) is 20.9. The average Bonchev–Trinajstić information content (AvgIpc) is 2.53. The van der Waals surface area contributed by atoms with Crippen molar-refractivity contribution in [1.29, 1.82) is 0 Å². The minimum Gasteiger partial charge on any atom is -0.451 e. The fourth-order valence-electron chi connectivity index (χ4n) is 1.75. The second-order valence-corrected chi connectivity index (χ2v) is 7.88. The predicted octanol–water partition coefficient (Wildman–Crippen LogP) is 0.148. The maximum Gasteiger partial charge on any atom is 0.327 e. The Morgan fingerprint density at radius 2 is 1.78 bits per heavy atom. The van der Waals surface area contributed by atoms with E-state index in [1.807, 2.05) is 4.72 Å². The van der Waals surface area contributed by atoms with Gasteiger partial charge in [0.15, 0.2) is 6.10 Å². The molecule has 0 saturated carbocycles. The number of hydrogen-bond acceptors (Lipinski definition) is 7. The Balaban J connectivity index is 2.97. The Morgan fingerprint density at radius 1 is 1.19 bits per heavy atom. The van der Waals surface area contributed by atoms with Crippen molar-refractivity contribution < 1.29 is 32.6 Å². The van der Waals surface area contributed by atoms with Gasteiger partial charge in [0, 0.05) is 0 Å². The van der Waals surface area contributed by atoms with Gasteiger partial charge in [-0.15, -0.1) is 0 Å². The van der Waals surface area contributed by atoms with Gasteiger partial charge < -0.3 is 15.6 Å². The topological polar surface area (TPSA) is 165 Å². The van der Waals surface area contributed by atoms with Crippen LogP contribution in [0.1, 0.15) is 13.8 Å². The summed E-state index contributed by atoms with van der Waals surface area (Å²) in [5.41, 5.74) is 4.78. The first-order valence-corrected chi connectivity index (χ1v) is 9.55. The summed E-state index contributed by atoms with van der Waals surface area (Å²) in [6.45, 7) is 2.26. The molecule has 1 aromatic rings. The first kappa shape index (κ1) is 23.1. The van der Waals surface area contributed by atoms with Gasteiger partial charge in [0.1, 0.15) is 6.04 Å². The summed E-state index contributed by atoms with van der Waals surface area (Å²) in [6, 6.07) is 0.539. The minimum absolute atomic E-state index is 0.0348. The van der Waals surface area contributed by atoms with Crippen LogP contribution in [0.3, 0.4) is 0 Å². The number of imide groups is 1. The number of carbonyl (C=O) groups excluding carboxylic acids is 3. The molecule has 1 rings (SSSR count). The maximum atomic E-state index is 12.4. The molecule has 1 aromatic carbocycles. The number of halogens is 2. The highest BCUT2D eigenvalue weighted by atomic mass is 35.5. The quantitative estimate of drug-likeness (QED) is 0.436. The van der Waals surface area contributed by atoms with Gasteiger partial charge in [-0.3, -0.25) is 14.9 Å². The van der Waals surface area contributed by atoms with Crippen LogP contribution in [0, 0.1) is 0 Å². The van der Waals surface area contributed by atoms with Crippen LogP contribution < -0.4 is 15.8 Å². The summed E-state index contributed by atoms with van der Waals surface area (Å²) in [6.07, 6.45) is -2.98. The standard InChI is InChI=1S/C14H17Cl2N3O7S/c1-6(20)11(13(22)26-7(2)12(21)18-14(17)23)19-27(24,25)8-3-4-9(15)10(16)5-8/h3-7,11,19-20H,1-2H3,(H3,17,18,21,23). The van der Waals surface area contributed by atoms with Crippen molar-refractivity contribution in [3.05, 3.63) is 28.2 Å². The highest BCUT2D eigenvalue weighted by Crippen LogP contribution is 2.25. The number of amides is 3. The van der Waals surface area contributed by atoms with Gasteiger partial charge in [-0.25, -0.2) is 13.2 Å². The summed E-state index contributed by atoms with van der Waals surface area (Å²) in [5.74, 6) is -2.27. The molecule has 3 unspecified atom stereocenters. The molecule has 3 atom stereocenters. The van der Waals surface area contributed by atoms with Crippen LogP contribution in [-0.4, -0.2) is 49.7 Å². The van der Waals surface area contributed by atoms with E-state index >= 15 is 0 Å². The van der Waals surface area contributed by atoms with Crippen molar-refractivity contribution in [3.8, 4) is 0 Å². The molecule has 0 fully saturated rings. The van der Waals surface area contributed by atoms with E-state index in [9.17, 15) is 27.9 Å². The van der Waals surface area contributed by atoms with E-state index in [0.717, 1.165) is 26.0 Å². The third-order valence-corrected chi connectivity index (χ3v) is 5.31. The first-order valence-electron chi connectivity index (χ1n) is 7.31.